The quantitative estimate of drug-likeness (QED) is 0.363. The molecule has 146 valence electrons. The first kappa shape index (κ1) is 21.7. The zero-order valence-electron chi connectivity index (χ0n) is 15.4. The largest absolute Gasteiger partial charge is 0.496 e. The molecule has 0 bridgehead atoms. The summed E-state index contributed by atoms with van der Waals surface area (Å²) in [6.45, 7) is 6.63. The number of nitrogens with zero attached hydrogens (tertiary/aromatic N) is 3. The molecule has 8 heteroatoms. The van der Waals surface area contributed by atoms with Crippen LogP contribution < -0.4 is 10.1 Å². The highest BCUT2D eigenvalue weighted by molar-refractivity contribution is 14.0. The Balaban J connectivity index is 0.00000243. The number of benzene rings is 1. The van der Waals surface area contributed by atoms with Crippen LogP contribution in [-0.2, 0) is 11.3 Å². The number of aliphatic imine (C=N–C) groups is 1. The fourth-order valence-electron chi connectivity index (χ4n) is 3.51. The maximum atomic E-state index is 5.46. The molecule has 1 N–H and O–H groups in total. The van der Waals surface area contributed by atoms with Crippen LogP contribution in [-0.4, -0.2) is 75.4 Å². The van der Waals surface area contributed by atoms with E-state index in [1.54, 1.807) is 7.11 Å². The molecule has 0 amide bonds. The van der Waals surface area contributed by atoms with Crippen LogP contribution in [0.2, 0.25) is 0 Å². The number of halogens is 2. The van der Waals surface area contributed by atoms with Crippen LogP contribution in [0.4, 0.5) is 0 Å². The molecule has 0 radical (unpaired) electrons. The summed E-state index contributed by atoms with van der Waals surface area (Å²) in [6.07, 6.45) is 1.19. The van der Waals surface area contributed by atoms with Gasteiger partial charge in [0, 0.05) is 45.8 Å². The third-order valence-electron chi connectivity index (χ3n) is 4.90. The second-order valence-corrected chi connectivity index (χ2v) is 7.26. The number of rotatable bonds is 4. The molecule has 1 aromatic carbocycles. The van der Waals surface area contributed by atoms with Gasteiger partial charge in [-0.3, -0.25) is 9.89 Å². The summed E-state index contributed by atoms with van der Waals surface area (Å²) in [4.78, 5) is 9.39. The first-order chi connectivity index (χ1) is 12.2. The van der Waals surface area contributed by atoms with Gasteiger partial charge < -0.3 is 19.7 Å². The average molecular weight is 539 g/mol. The van der Waals surface area contributed by atoms with Crippen molar-refractivity contribution in [2.24, 2.45) is 4.99 Å². The minimum Gasteiger partial charge on any atom is -0.496 e. The van der Waals surface area contributed by atoms with Gasteiger partial charge in [0.15, 0.2) is 5.96 Å². The van der Waals surface area contributed by atoms with Crippen molar-refractivity contribution >= 4 is 45.9 Å². The van der Waals surface area contributed by atoms with Crippen LogP contribution in [0.1, 0.15) is 12.0 Å². The topological polar surface area (TPSA) is 49.3 Å². The zero-order valence-corrected chi connectivity index (χ0v) is 19.3. The van der Waals surface area contributed by atoms with E-state index in [9.17, 15) is 0 Å². The Bertz CT molecular complexity index is 611. The molecule has 1 atom stereocenters. The lowest BCUT2D eigenvalue weighted by Crippen LogP contribution is -2.46. The fourth-order valence-corrected chi connectivity index (χ4v) is 4.10. The summed E-state index contributed by atoms with van der Waals surface area (Å²) in [5.74, 6) is 1.82. The second-order valence-electron chi connectivity index (χ2n) is 6.41. The van der Waals surface area contributed by atoms with E-state index in [0.717, 1.165) is 62.1 Å². The van der Waals surface area contributed by atoms with Crippen LogP contribution in [0.5, 0.6) is 5.75 Å². The van der Waals surface area contributed by atoms with Gasteiger partial charge in [-0.05, 0) is 40.0 Å². The molecule has 2 aliphatic rings. The predicted molar refractivity (Wildman–Crippen MR) is 119 cm³/mol. The number of hydrogen-bond donors (Lipinski definition) is 1. The molecule has 2 aliphatic heterocycles. The molecule has 2 heterocycles. The standard InChI is InChI=1S/C18H27BrN4O2.HI/c1-20-18(21-12-14-3-4-17(24-2)16(19)11-14)23-6-5-15(13-23)22-7-9-25-10-8-22;/h3-4,11,15H,5-10,12-13H2,1-2H3,(H,20,21);1H. The molecule has 6 nitrogen and oxygen atoms in total. The SMILES string of the molecule is CN=C(NCc1ccc(OC)c(Br)c1)N1CCC(N2CCOCC2)C1.I. The smallest absolute Gasteiger partial charge is 0.193 e. The Labute approximate surface area is 181 Å². The maximum Gasteiger partial charge on any atom is 0.193 e. The second kappa shape index (κ2) is 10.7. The van der Waals surface area contributed by atoms with E-state index in [2.05, 4.69) is 48.2 Å². The summed E-state index contributed by atoms with van der Waals surface area (Å²) >= 11 is 3.54. The molecule has 2 saturated heterocycles. The first-order valence-electron chi connectivity index (χ1n) is 8.81. The van der Waals surface area contributed by atoms with Gasteiger partial charge >= 0.3 is 0 Å². The Morgan fingerprint density at radius 2 is 2.12 bits per heavy atom. The predicted octanol–water partition coefficient (Wildman–Crippen LogP) is 2.56. The summed E-state index contributed by atoms with van der Waals surface area (Å²) in [5, 5.41) is 3.49. The van der Waals surface area contributed by atoms with Crippen LogP contribution in [0.15, 0.2) is 27.7 Å². The van der Waals surface area contributed by atoms with Crippen LogP contribution in [0.25, 0.3) is 0 Å². The highest BCUT2D eigenvalue weighted by Crippen LogP contribution is 2.25. The van der Waals surface area contributed by atoms with Crippen LogP contribution in [0, 0.1) is 0 Å². The molecule has 1 aromatic rings. The minimum absolute atomic E-state index is 0. The summed E-state index contributed by atoms with van der Waals surface area (Å²) in [5.41, 5.74) is 1.19. The lowest BCUT2D eigenvalue weighted by molar-refractivity contribution is 0.0195. The van der Waals surface area contributed by atoms with Crippen molar-refractivity contribution in [3.8, 4) is 5.75 Å². The molecular formula is C18H28BrIN4O2. The van der Waals surface area contributed by atoms with E-state index in [0.29, 0.717) is 6.04 Å². The van der Waals surface area contributed by atoms with E-state index in [1.807, 2.05) is 13.1 Å². The van der Waals surface area contributed by atoms with Gasteiger partial charge in [0.05, 0.1) is 24.8 Å². The van der Waals surface area contributed by atoms with Crippen molar-refractivity contribution < 1.29 is 9.47 Å². The number of morpholine rings is 1. The Morgan fingerprint density at radius 1 is 1.35 bits per heavy atom. The Hall–Kier alpha value is -0.580. The zero-order chi connectivity index (χ0) is 17.6. The first-order valence-corrected chi connectivity index (χ1v) is 9.60. The highest BCUT2D eigenvalue weighted by atomic mass is 127. The van der Waals surface area contributed by atoms with Gasteiger partial charge in [-0.15, -0.1) is 24.0 Å². The molecule has 2 fully saturated rings. The van der Waals surface area contributed by atoms with Crippen molar-refractivity contribution in [1.29, 1.82) is 0 Å². The van der Waals surface area contributed by atoms with Gasteiger partial charge in [0.1, 0.15) is 5.75 Å². The van der Waals surface area contributed by atoms with E-state index < -0.39 is 0 Å². The Kier molecular flexibility index (Phi) is 8.92. The molecule has 0 spiro atoms. The summed E-state index contributed by atoms with van der Waals surface area (Å²) < 4.78 is 11.7. The lowest BCUT2D eigenvalue weighted by atomic mass is 10.2. The minimum atomic E-state index is 0. The number of methoxy groups -OCH3 is 1. The molecule has 0 aliphatic carbocycles. The number of ether oxygens (including phenoxy) is 2. The van der Waals surface area contributed by atoms with Gasteiger partial charge in [0.2, 0.25) is 0 Å². The normalized spacial score (nSPS) is 21.4. The van der Waals surface area contributed by atoms with Crippen molar-refractivity contribution in [2.75, 3.05) is 53.6 Å². The molecule has 1 unspecified atom stereocenters. The third-order valence-corrected chi connectivity index (χ3v) is 5.52. The van der Waals surface area contributed by atoms with Crippen molar-refractivity contribution in [3.63, 3.8) is 0 Å². The van der Waals surface area contributed by atoms with E-state index in [1.165, 1.54) is 12.0 Å². The number of nitrogens with one attached hydrogen (secondary N) is 1. The lowest BCUT2D eigenvalue weighted by Gasteiger charge is -2.32. The number of hydrogen-bond acceptors (Lipinski definition) is 4. The molecule has 3 rings (SSSR count). The van der Waals surface area contributed by atoms with Gasteiger partial charge in [-0.1, -0.05) is 6.07 Å². The Morgan fingerprint density at radius 3 is 2.77 bits per heavy atom. The third kappa shape index (κ3) is 5.46. The number of likely N-dealkylation sites (tertiary alicyclic amines) is 1. The highest BCUT2D eigenvalue weighted by Gasteiger charge is 2.30. The number of guanidine groups is 1. The van der Waals surface area contributed by atoms with Crippen molar-refractivity contribution in [2.45, 2.75) is 19.0 Å². The maximum absolute atomic E-state index is 5.46. The van der Waals surface area contributed by atoms with Crippen LogP contribution in [0.3, 0.4) is 0 Å². The van der Waals surface area contributed by atoms with E-state index in [-0.39, 0.29) is 24.0 Å². The molecular weight excluding hydrogens is 511 g/mol. The van der Waals surface area contributed by atoms with Gasteiger partial charge in [-0.2, -0.15) is 0 Å². The average Bonchev–Trinajstić information content (AvgIpc) is 3.13. The van der Waals surface area contributed by atoms with Gasteiger partial charge in [0.25, 0.3) is 0 Å². The van der Waals surface area contributed by atoms with Crippen molar-refractivity contribution in [1.82, 2.24) is 15.1 Å². The van der Waals surface area contributed by atoms with Gasteiger partial charge in [-0.25, -0.2) is 0 Å². The summed E-state index contributed by atoms with van der Waals surface area (Å²) in [6, 6.07) is 6.75. The van der Waals surface area contributed by atoms with E-state index >= 15 is 0 Å². The molecule has 26 heavy (non-hydrogen) atoms. The fraction of sp³-hybridized carbons (Fsp3) is 0.611. The van der Waals surface area contributed by atoms with E-state index in [4.69, 9.17) is 9.47 Å². The molecule has 0 saturated carbocycles. The van der Waals surface area contributed by atoms with Crippen LogP contribution >= 0.6 is 39.9 Å². The van der Waals surface area contributed by atoms with Crippen molar-refractivity contribution in [3.05, 3.63) is 28.2 Å². The summed E-state index contributed by atoms with van der Waals surface area (Å²) in [7, 11) is 3.53. The monoisotopic (exact) mass is 538 g/mol. The molecule has 0 aromatic heterocycles.